The molecule has 4 heteroatoms. The van der Waals surface area contributed by atoms with Gasteiger partial charge in [-0.25, -0.2) is 0 Å². The number of carbonyl (C=O) groups is 2. The van der Waals surface area contributed by atoms with Crippen LogP contribution in [0.5, 0.6) is 0 Å². The number of nitrogens with one attached hydrogen (secondary N) is 1. The lowest BCUT2D eigenvalue weighted by Crippen LogP contribution is -2.81. The Bertz CT molecular complexity index is 987. The molecular formula is C23H22ClNO2. The first-order chi connectivity index (χ1) is 12.8. The predicted octanol–water partition coefficient (Wildman–Crippen LogP) is 5.34. The smallest absolute Gasteiger partial charge is 0.231 e. The quantitative estimate of drug-likeness (QED) is 0.729. The Hall–Kier alpha value is -2.13. The maximum absolute atomic E-state index is 13.3. The minimum absolute atomic E-state index is 0.0701. The number of hydrogen-bond acceptors (Lipinski definition) is 2. The van der Waals surface area contributed by atoms with E-state index < -0.39 is 0 Å². The fraction of sp³-hybridized carbons (Fsp3) is 0.391. The van der Waals surface area contributed by atoms with E-state index in [2.05, 4.69) is 19.2 Å². The Morgan fingerprint density at radius 3 is 2.48 bits per heavy atom. The summed E-state index contributed by atoms with van der Waals surface area (Å²) < 4.78 is 0. The highest BCUT2D eigenvalue weighted by molar-refractivity contribution is 6.31. The first-order valence-corrected chi connectivity index (χ1v) is 9.92. The van der Waals surface area contributed by atoms with Crippen molar-refractivity contribution in [2.45, 2.75) is 33.1 Å². The normalized spacial score (nSPS) is 35.1. The fourth-order valence-corrected chi connectivity index (χ4v) is 6.68. The van der Waals surface area contributed by atoms with Crippen LogP contribution in [0.25, 0.3) is 0 Å². The zero-order chi connectivity index (χ0) is 19.0. The molecule has 1 N–H and O–H groups in total. The molecule has 1 amide bonds. The number of hydrogen-bond donors (Lipinski definition) is 1. The van der Waals surface area contributed by atoms with E-state index in [0.29, 0.717) is 33.2 Å². The molecular weight excluding hydrogens is 358 g/mol. The van der Waals surface area contributed by atoms with Crippen LogP contribution in [0.15, 0.2) is 48.5 Å². The number of carbonyl (C=O) groups excluding carboxylic acids is 2. The summed E-state index contributed by atoms with van der Waals surface area (Å²) in [5.74, 6) is 0.420. The zero-order valence-corrected chi connectivity index (χ0v) is 16.3. The van der Waals surface area contributed by atoms with Crippen molar-refractivity contribution in [1.82, 2.24) is 0 Å². The number of fused-ring (bicyclic) bond motifs is 1. The molecule has 0 radical (unpaired) electrons. The number of rotatable bonds is 4. The van der Waals surface area contributed by atoms with Gasteiger partial charge in [0.2, 0.25) is 5.91 Å². The number of amides is 1. The summed E-state index contributed by atoms with van der Waals surface area (Å²) in [4.78, 5) is 26.3. The molecule has 27 heavy (non-hydrogen) atoms. The molecule has 2 aromatic rings. The van der Waals surface area contributed by atoms with Crippen molar-refractivity contribution >= 4 is 29.0 Å². The van der Waals surface area contributed by atoms with E-state index in [1.807, 2.05) is 18.2 Å². The lowest BCUT2D eigenvalue weighted by atomic mass is 9.21. The maximum Gasteiger partial charge on any atom is 0.231 e. The van der Waals surface area contributed by atoms with Crippen LogP contribution < -0.4 is 5.32 Å². The van der Waals surface area contributed by atoms with E-state index in [9.17, 15) is 9.59 Å². The summed E-state index contributed by atoms with van der Waals surface area (Å²) in [6.07, 6.45) is 3.22. The maximum atomic E-state index is 13.3. The first-order valence-electron chi connectivity index (χ1n) is 9.54. The minimum atomic E-state index is -0.256. The number of ketones is 1. The fourth-order valence-electron chi connectivity index (χ4n) is 6.51. The van der Waals surface area contributed by atoms with Crippen molar-refractivity contribution in [2.75, 3.05) is 5.32 Å². The van der Waals surface area contributed by atoms with Gasteiger partial charge in [-0.05, 0) is 54.2 Å². The van der Waals surface area contributed by atoms with E-state index in [0.717, 1.165) is 19.3 Å². The molecule has 2 unspecified atom stereocenters. The van der Waals surface area contributed by atoms with Crippen LogP contribution in [0.4, 0.5) is 5.69 Å². The lowest BCUT2D eigenvalue weighted by Gasteiger charge is -2.81. The topological polar surface area (TPSA) is 46.2 Å². The summed E-state index contributed by atoms with van der Waals surface area (Å²) >= 11 is 6.15. The zero-order valence-electron chi connectivity index (χ0n) is 15.5. The third-order valence-corrected chi connectivity index (χ3v) is 8.34. The molecule has 0 saturated heterocycles. The van der Waals surface area contributed by atoms with Gasteiger partial charge in [-0.15, -0.1) is 0 Å². The third kappa shape index (κ3) is 1.84. The van der Waals surface area contributed by atoms with Gasteiger partial charge in [-0.3, -0.25) is 9.59 Å². The van der Waals surface area contributed by atoms with Crippen LogP contribution in [0.1, 0.15) is 49.0 Å². The van der Waals surface area contributed by atoms with Crippen molar-refractivity contribution in [3.63, 3.8) is 0 Å². The van der Waals surface area contributed by atoms with Gasteiger partial charge < -0.3 is 5.32 Å². The van der Waals surface area contributed by atoms with Gasteiger partial charge in [0.05, 0.1) is 11.1 Å². The molecule has 0 aliphatic heterocycles. The summed E-state index contributed by atoms with van der Waals surface area (Å²) in [6.45, 7) is 4.59. The average Bonchev–Trinajstić information content (AvgIpc) is 3.06. The molecule has 138 valence electrons. The Balaban J connectivity index is 1.47. The second-order valence-corrected chi connectivity index (χ2v) is 9.26. The van der Waals surface area contributed by atoms with Crippen LogP contribution in [0.2, 0.25) is 5.02 Å². The molecule has 0 spiro atoms. The summed E-state index contributed by atoms with van der Waals surface area (Å²) in [5.41, 5.74) is 1.75. The van der Waals surface area contributed by atoms with Gasteiger partial charge in [0, 0.05) is 16.1 Å². The van der Waals surface area contributed by atoms with Gasteiger partial charge in [-0.1, -0.05) is 55.8 Å². The molecule has 5 fully saturated rings. The van der Waals surface area contributed by atoms with Crippen LogP contribution in [-0.2, 0) is 4.79 Å². The van der Waals surface area contributed by atoms with E-state index >= 15 is 0 Å². The van der Waals surface area contributed by atoms with Gasteiger partial charge in [-0.2, -0.15) is 0 Å². The second kappa shape index (κ2) is 5.23. The molecule has 5 aliphatic rings. The van der Waals surface area contributed by atoms with Gasteiger partial charge in [0.1, 0.15) is 0 Å². The van der Waals surface area contributed by atoms with Crippen LogP contribution in [0, 0.1) is 22.2 Å². The van der Waals surface area contributed by atoms with Gasteiger partial charge >= 0.3 is 0 Å². The Kier molecular flexibility index (Phi) is 3.29. The Morgan fingerprint density at radius 1 is 1.11 bits per heavy atom. The summed E-state index contributed by atoms with van der Waals surface area (Å²) in [7, 11) is 0. The lowest BCUT2D eigenvalue weighted by molar-refractivity contribution is -0.326. The Labute approximate surface area is 164 Å². The minimum Gasteiger partial charge on any atom is -0.325 e. The molecule has 0 heterocycles. The number of benzene rings is 2. The van der Waals surface area contributed by atoms with Crippen LogP contribution in [-0.4, -0.2) is 11.7 Å². The number of anilines is 1. The highest BCUT2D eigenvalue weighted by Crippen LogP contribution is 2.93. The van der Waals surface area contributed by atoms with Crippen LogP contribution in [0.3, 0.4) is 0 Å². The SMILES string of the molecule is CC12CC3(C(=O)Nc4ccc(Cl)cc4C(=O)c4ccccc4)[C@@H]1CC[C@@]23C. The molecule has 4 atom stereocenters. The second-order valence-electron chi connectivity index (χ2n) is 8.83. The van der Waals surface area contributed by atoms with Crippen molar-refractivity contribution in [1.29, 1.82) is 0 Å². The highest BCUT2D eigenvalue weighted by atomic mass is 35.5. The van der Waals surface area contributed by atoms with Crippen molar-refractivity contribution < 1.29 is 9.59 Å². The molecule has 7 rings (SSSR count). The molecule has 2 aromatic carbocycles. The first kappa shape index (κ1) is 17.0. The van der Waals surface area contributed by atoms with E-state index in [4.69, 9.17) is 11.6 Å². The standard InChI is InChI=1S/C23H22ClNO2/c1-21-13-23(18(21)10-11-22(21,23)2)20(27)25-17-9-8-15(24)12-16(17)19(26)14-6-4-3-5-7-14/h3-9,12,18H,10-11,13H2,1-2H3,(H,25,27)/t18-,21?,22+,23?/m1/s1. The molecule has 5 saturated carbocycles. The van der Waals surface area contributed by atoms with Gasteiger partial charge in [0.15, 0.2) is 5.78 Å². The molecule has 4 bridgehead atoms. The molecule has 0 aromatic heterocycles. The number of halogens is 1. The van der Waals surface area contributed by atoms with Crippen molar-refractivity contribution in [2.24, 2.45) is 22.2 Å². The van der Waals surface area contributed by atoms with E-state index in [1.165, 1.54) is 0 Å². The third-order valence-electron chi connectivity index (χ3n) is 8.10. The Morgan fingerprint density at radius 2 is 1.85 bits per heavy atom. The summed E-state index contributed by atoms with van der Waals surface area (Å²) in [6, 6.07) is 14.2. The van der Waals surface area contributed by atoms with Crippen molar-refractivity contribution in [3.05, 3.63) is 64.7 Å². The molecule has 5 aliphatic carbocycles. The monoisotopic (exact) mass is 379 g/mol. The van der Waals surface area contributed by atoms with E-state index in [-0.39, 0.29) is 22.5 Å². The summed E-state index contributed by atoms with van der Waals surface area (Å²) in [5, 5.41) is 3.58. The highest BCUT2D eigenvalue weighted by Gasteiger charge is 2.91. The largest absolute Gasteiger partial charge is 0.325 e. The molecule has 3 nitrogen and oxygen atoms in total. The van der Waals surface area contributed by atoms with Crippen molar-refractivity contribution in [3.8, 4) is 0 Å². The predicted molar refractivity (Wildman–Crippen MR) is 106 cm³/mol. The van der Waals surface area contributed by atoms with Gasteiger partial charge in [0.25, 0.3) is 0 Å². The average molecular weight is 380 g/mol. The van der Waals surface area contributed by atoms with Crippen LogP contribution >= 0.6 is 11.6 Å². The van der Waals surface area contributed by atoms with E-state index in [1.54, 1.807) is 30.3 Å².